The highest BCUT2D eigenvalue weighted by atomic mass is 16.3. The average molecular weight is 235 g/mol. The van der Waals surface area contributed by atoms with Crippen LogP contribution in [0.1, 0.15) is 31.4 Å². The van der Waals surface area contributed by atoms with Gasteiger partial charge in [0.05, 0.1) is 6.10 Å². The minimum absolute atomic E-state index is 0.298. The average Bonchev–Trinajstić information content (AvgIpc) is 2.39. The quantitative estimate of drug-likeness (QED) is 0.841. The zero-order valence-electron chi connectivity index (χ0n) is 10.3. The van der Waals surface area contributed by atoms with E-state index in [2.05, 4.69) is 11.0 Å². The van der Waals surface area contributed by atoms with Gasteiger partial charge in [0.2, 0.25) is 0 Å². The molecule has 1 aromatic rings. The van der Waals surface area contributed by atoms with Crippen molar-refractivity contribution in [1.29, 1.82) is 0 Å². The molecule has 3 nitrogen and oxygen atoms in total. The van der Waals surface area contributed by atoms with Gasteiger partial charge in [0.25, 0.3) is 0 Å². The topological polar surface area (TPSA) is 43.7 Å². The number of anilines is 1. The van der Waals surface area contributed by atoms with Crippen LogP contribution in [0, 0.1) is 5.92 Å². The summed E-state index contributed by atoms with van der Waals surface area (Å²) in [5.41, 5.74) is 2.13. The van der Waals surface area contributed by atoms with E-state index in [9.17, 15) is 5.11 Å². The molecule has 94 valence electrons. The summed E-state index contributed by atoms with van der Waals surface area (Å²) in [6.45, 7) is 4.04. The number of aliphatic hydroxyl groups excluding tert-OH is 2. The molecule has 1 atom stereocenters. The van der Waals surface area contributed by atoms with Crippen molar-refractivity contribution in [2.75, 3.05) is 24.6 Å². The zero-order chi connectivity index (χ0) is 12.3. The highest BCUT2D eigenvalue weighted by molar-refractivity contribution is 5.54. The first-order valence-electron chi connectivity index (χ1n) is 6.35. The Kier molecular flexibility index (Phi) is 4.02. The van der Waals surface area contributed by atoms with Gasteiger partial charge in [0.15, 0.2) is 0 Å². The summed E-state index contributed by atoms with van der Waals surface area (Å²) in [5, 5.41) is 18.9. The summed E-state index contributed by atoms with van der Waals surface area (Å²) in [6.07, 6.45) is 1.64. The highest BCUT2D eigenvalue weighted by Crippen LogP contribution is 2.29. The summed E-state index contributed by atoms with van der Waals surface area (Å²) in [5.74, 6) is 0.449. The molecular formula is C14H21NO2. The van der Waals surface area contributed by atoms with Crippen molar-refractivity contribution in [3.05, 3.63) is 29.8 Å². The number of hydrogen-bond donors (Lipinski definition) is 2. The van der Waals surface area contributed by atoms with E-state index in [0.717, 1.165) is 37.2 Å². The lowest BCUT2D eigenvalue weighted by Gasteiger charge is -2.34. The number of nitrogens with zero attached hydrogens (tertiary/aromatic N) is 1. The highest BCUT2D eigenvalue weighted by Gasteiger charge is 2.21. The largest absolute Gasteiger partial charge is 0.396 e. The van der Waals surface area contributed by atoms with Crippen molar-refractivity contribution in [1.82, 2.24) is 0 Å². The van der Waals surface area contributed by atoms with Crippen molar-refractivity contribution >= 4 is 5.69 Å². The fourth-order valence-electron chi connectivity index (χ4n) is 2.49. The molecular weight excluding hydrogens is 214 g/mol. The Morgan fingerprint density at radius 2 is 1.94 bits per heavy atom. The Morgan fingerprint density at radius 3 is 2.53 bits per heavy atom. The Morgan fingerprint density at radius 1 is 1.29 bits per heavy atom. The van der Waals surface area contributed by atoms with Crippen LogP contribution in [-0.4, -0.2) is 29.9 Å². The summed E-state index contributed by atoms with van der Waals surface area (Å²) in [6, 6.07) is 8.03. The number of para-hydroxylation sites is 1. The van der Waals surface area contributed by atoms with E-state index in [1.54, 1.807) is 6.92 Å². The van der Waals surface area contributed by atoms with Crippen LogP contribution >= 0.6 is 0 Å². The third kappa shape index (κ3) is 2.79. The molecule has 1 unspecified atom stereocenters. The second-order valence-electron chi connectivity index (χ2n) is 4.85. The molecule has 1 heterocycles. The van der Waals surface area contributed by atoms with Gasteiger partial charge in [-0.25, -0.2) is 0 Å². The number of piperidine rings is 1. The Bertz CT molecular complexity index is 357. The van der Waals surface area contributed by atoms with Gasteiger partial charge in [0, 0.05) is 30.9 Å². The lowest BCUT2D eigenvalue weighted by atomic mass is 9.96. The summed E-state index contributed by atoms with van der Waals surface area (Å²) in [7, 11) is 0. The molecule has 2 N–H and O–H groups in total. The van der Waals surface area contributed by atoms with Crippen molar-refractivity contribution < 1.29 is 10.2 Å². The van der Waals surface area contributed by atoms with E-state index in [4.69, 9.17) is 5.11 Å². The molecule has 1 aromatic carbocycles. The summed E-state index contributed by atoms with van der Waals surface area (Å²) in [4.78, 5) is 2.31. The van der Waals surface area contributed by atoms with Crippen LogP contribution in [0.15, 0.2) is 24.3 Å². The molecule has 17 heavy (non-hydrogen) atoms. The lowest BCUT2D eigenvalue weighted by Crippen LogP contribution is -2.35. The van der Waals surface area contributed by atoms with E-state index in [0.29, 0.717) is 12.5 Å². The molecule has 0 saturated carbocycles. The molecule has 3 heteroatoms. The molecule has 0 amide bonds. The Labute approximate surface area is 103 Å². The lowest BCUT2D eigenvalue weighted by molar-refractivity contribution is 0.196. The van der Waals surface area contributed by atoms with Gasteiger partial charge in [-0.15, -0.1) is 0 Å². The molecule has 1 aliphatic heterocycles. The van der Waals surface area contributed by atoms with Crippen LogP contribution < -0.4 is 4.90 Å². The molecule has 2 rings (SSSR count). The van der Waals surface area contributed by atoms with Crippen molar-refractivity contribution in [2.45, 2.75) is 25.9 Å². The maximum atomic E-state index is 9.77. The fraction of sp³-hybridized carbons (Fsp3) is 0.571. The van der Waals surface area contributed by atoms with E-state index in [1.807, 2.05) is 18.2 Å². The van der Waals surface area contributed by atoms with E-state index >= 15 is 0 Å². The standard InChI is InChI=1S/C14H21NO2/c1-11(17)13-4-2-3-5-14(13)15-8-6-12(10-16)7-9-15/h2-5,11-12,16-17H,6-10H2,1H3. The molecule has 1 fully saturated rings. The van der Waals surface area contributed by atoms with Crippen molar-refractivity contribution in [2.24, 2.45) is 5.92 Å². The van der Waals surface area contributed by atoms with Crippen LogP contribution in [-0.2, 0) is 0 Å². The van der Waals surface area contributed by atoms with E-state index < -0.39 is 6.10 Å². The second kappa shape index (κ2) is 5.52. The van der Waals surface area contributed by atoms with Crippen LogP contribution in [0.3, 0.4) is 0 Å². The third-order valence-corrected chi connectivity index (χ3v) is 3.60. The normalized spacial score (nSPS) is 19.4. The zero-order valence-corrected chi connectivity index (χ0v) is 10.3. The first kappa shape index (κ1) is 12.4. The van der Waals surface area contributed by atoms with Gasteiger partial charge in [-0.2, -0.15) is 0 Å². The van der Waals surface area contributed by atoms with Crippen LogP contribution in [0.4, 0.5) is 5.69 Å². The minimum atomic E-state index is -0.429. The monoisotopic (exact) mass is 235 g/mol. The molecule has 1 saturated heterocycles. The Hall–Kier alpha value is -1.06. The van der Waals surface area contributed by atoms with E-state index in [1.165, 1.54) is 0 Å². The van der Waals surface area contributed by atoms with Crippen molar-refractivity contribution in [3.8, 4) is 0 Å². The van der Waals surface area contributed by atoms with Crippen LogP contribution in [0.2, 0.25) is 0 Å². The van der Waals surface area contributed by atoms with Gasteiger partial charge in [-0.05, 0) is 31.7 Å². The molecule has 0 bridgehead atoms. The van der Waals surface area contributed by atoms with Gasteiger partial charge in [-0.1, -0.05) is 18.2 Å². The number of rotatable bonds is 3. The first-order valence-corrected chi connectivity index (χ1v) is 6.35. The predicted molar refractivity (Wildman–Crippen MR) is 69.1 cm³/mol. The van der Waals surface area contributed by atoms with Gasteiger partial charge < -0.3 is 15.1 Å². The number of hydrogen-bond acceptors (Lipinski definition) is 3. The molecule has 0 aliphatic carbocycles. The number of aliphatic hydroxyl groups is 2. The maximum Gasteiger partial charge on any atom is 0.0781 e. The minimum Gasteiger partial charge on any atom is -0.396 e. The molecule has 1 aliphatic rings. The first-order chi connectivity index (χ1) is 8.22. The molecule has 0 radical (unpaired) electrons. The fourth-order valence-corrected chi connectivity index (χ4v) is 2.49. The third-order valence-electron chi connectivity index (χ3n) is 3.60. The predicted octanol–water partition coefficient (Wildman–Crippen LogP) is 1.95. The smallest absolute Gasteiger partial charge is 0.0781 e. The van der Waals surface area contributed by atoms with Gasteiger partial charge in [-0.3, -0.25) is 0 Å². The summed E-state index contributed by atoms with van der Waals surface area (Å²) < 4.78 is 0. The second-order valence-corrected chi connectivity index (χ2v) is 4.85. The van der Waals surface area contributed by atoms with Crippen LogP contribution in [0.25, 0.3) is 0 Å². The SMILES string of the molecule is CC(O)c1ccccc1N1CCC(CO)CC1. The molecule has 0 aromatic heterocycles. The number of benzene rings is 1. The van der Waals surface area contributed by atoms with Gasteiger partial charge >= 0.3 is 0 Å². The van der Waals surface area contributed by atoms with Crippen molar-refractivity contribution in [3.63, 3.8) is 0 Å². The maximum absolute atomic E-state index is 9.77. The van der Waals surface area contributed by atoms with Gasteiger partial charge in [0.1, 0.15) is 0 Å². The summed E-state index contributed by atoms with van der Waals surface area (Å²) >= 11 is 0. The molecule has 0 spiro atoms. The van der Waals surface area contributed by atoms with E-state index in [-0.39, 0.29) is 0 Å². The van der Waals surface area contributed by atoms with Crippen LogP contribution in [0.5, 0.6) is 0 Å². The Balaban J connectivity index is 2.13.